The minimum atomic E-state index is -0.709. The Kier molecular flexibility index (Phi) is 6.30. The van der Waals surface area contributed by atoms with Crippen molar-refractivity contribution in [2.75, 3.05) is 12.4 Å². The molecule has 0 radical (unpaired) electrons. The summed E-state index contributed by atoms with van der Waals surface area (Å²) in [5, 5.41) is 2.39. The summed E-state index contributed by atoms with van der Waals surface area (Å²) in [4.78, 5) is 24.4. The highest BCUT2D eigenvalue weighted by atomic mass is 19.1. The fraction of sp³-hybridized carbons (Fsp3) is 0.217. The third-order valence-corrected chi connectivity index (χ3v) is 4.90. The highest BCUT2D eigenvalue weighted by Gasteiger charge is 2.17. The molecule has 0 aliphatic carbocycles. The molecule has 3 aromatic rings. The SMILES string of the molecule is COc1ccc(-c2cc(C(C)=O)c(C)n2CCC(=O)Nc2cc(F)ccc2F)cc1. The summed E-state index contributed by atoms with van der Waals surface area (Å²) in [5.41, 5.74) is 2.74. The van der Waals surface area contributed by atoms with Gasteiger partial charge in [0, 0.05) is 36.0 Å². The normalized spacial score (nSPS) is 10.7. The van der Waals surface area contributed by atoms with Crippen molar-refractivity contribution in [1.82, 2.24) is 4.57 Å². The molecule has 0 atom stereocenters. The zero-order valence-electron chi connectivity index (χ0n) is 17.0. The number of Topliss-reactive ketones (excluding diaryl/α,β-unsaturated/α-hetero) is 1. The molecule has 0 aliphatic heterocycles. The Balaban J connectivity index is 1.84. The maximum atomic E-state index is 13.8. The number of rotatable bonds is 7. The van der Waals surface area contributed by atoms with Crippen LogP contribution in [0.4, 0.5) is 14.5 Å². The predicted octanol–water partition coefficient (Wildman–Crippen LogP) is 4.98. The van der Waals surface area contributed by atoms with Crippen LogP contribution in [0.3, 0.4) is 0 Å². The molecule has 30 heavy (non-hydrogen) atoms. The van der Waals surface area contributed by atoms with Gasteiger partial charge in [0.1, 0.15) is 17.4 Å². The summed E-state index contributed by atoms with van der Waals surface area (Å²) in [6, 6.07) is 12.0. The van der Waals surface area contributed by atoms with E-state index in [0.29, 0.717) is 11.3 Å². The first-order valence-electron chi connectivity index (χ1n) is 9.40. The van der Waals surface area contributed by atoms with E-state index in [0.717, 1.165) is 35.2 Å². The number of benzene rings is 2. The second-order valence-corrected chi connectivity index (χ2v) is 6.89. The topological polar surface area (TPSA) is 60.3 Å². The molecule has 0 saturated heterocycles. The number of amides is 1. The van der Waals surface area contributed by atoms with Crippen molar-refractivity contribution in [3.05, 3.63) is 71.4 Å². The second-order valence-electron chi connectivity index (χ2n) is 6.89. The van der Waals surface area contributed by atoms with E-state index >= 15 is 0 Å². The number of aromatic nitrogens is 1. The lowest BCUT2D eigenvalue weighted by atomic mass is 10.1. The van der Waals surface area contributed by atoms with Crippen LogP contribution in [0.15, 0.2) is 48.5 Å². The first kappa shape index (κ1) is 21.2. The summed E-state index contributed by atoms with van der Waals surface area (Å²) < 4.78 is 34.1. The van der Waals surface area contributed by atoms with Crippen LogP contribution in [-0.2, 0) is 11.3 Å². The predicted molar refractivity (Wildman–Crippen MR) is 111 cm³/mol. The van der Waals surface area contributed by atoms with E-state index in [1.54, 1.807) is 13.2 Å². The summed E-state index contributed by atoms with van der Waals surface area (Å²) in [7, 11) is 1.58. The first-order valence-corrected chi connectivity index (χ1v) is 9.40. The molecule has 2 aromatic carbocycles. The maximum absolute atomic E-state index is 13.8. The Morgan fingerprint density at radius 2 is 1.77 bits per heavy atom. The molecule has 5 nitrogen and oxygen atoms in total. The van der Waals surface area contributed by atoms with Crippen molar-refractivity contribution in [3.8, 4) is 17.0 Å². The van der Waals surface area contributed by atoms with Gasteiger partial charge >= 0.3 is 0 Å². The highest BCUT2D eigenvalue weighted by Crippen LogP contribution is 2.28. The molecule has 7 heteroatoms. The van der Waals surface area contributed by atoms with Crippen LogP contribution in [-0.4, -0.2) is 23.4 Å². The third-order valence-electron chi connectivity index (χ3n) is 4.90. The molecule has 0 saturated carbocycles. The van der Waals surface area contributed by atoms with Crippen LogP contribution in [0.5, 0.6) is 5.75 Å². The number of carbonyl (C=O) groups is 2. The van der Waals surface area contributed by atoms with Crippen molar-refractivity contribution in [1.29, 1.82) is 0 Å². The molecule has 3 rings (SSSR count). The third kappa shape index (κ3) is 4.56. The van der Waals surface area contributed by atoms with Crippen molar-refractivity contribution < 1.29 is 23.1 Å². The maximum Gasteiger partial charge on any atom is 0.226 e. The Hall–Kier alpha value is -3.48. The van der Waals surface area contributed by atoms with Gasteiger partial charge in [-0.1, -0.05) is 0 Å². The summed E-state index contributed by atoms with van der Waals surface area (Å²) in [6.45, 7) is 3.57. The molecule has 1 aromatic heterocycles. The van der Waals surface area contributed by atoms with Crippen LogP contribution in [0.25, 0.3) is 11.3 Å². The monoisotopic (exact) mass is 412 g/mol. The van der Waals surface area contributed by atoms with E-state index in [4.69, 9.17) is 4.74 Å². The Labute approximate surface area is 173 Å². The average molecular weight is 412 g/mol. The molecule has 1 N–H and O–H groups in total. The van der Waals surface area contributed by atoms with Crippen molar-refractivity contribution >= 4 is 17.4 Å². The van der Waals surface area contributed by atoms with Gasteiger partial charge < -0.3 is 14.6 Å². The second kappa shape index (κ2) is 8.90. The number of nitrogens with one attached hydrogen (secondary N) is 1. The van der Waals surface area contributed by atoms with Crippen LogP contribution in [0, 0.1) is 18.6 Å². The van der Waals surface area contributed by atoms with Crippen molar-refractivity contribution in [2.45, 2.75) is 26.8 Å². The molecule has 0 fully saturated rings. The molecule has 156 valence electrons. The smallest absolute Gasteiger partial charge is 0.226 e. The fourth-order valence-electron chi connectivity index (χ4n) is 3.31. The minimum Gasteiger partial charge on any atom is -0.497 e. The minimum absolute atomic E-state index is 0.0198. The lowest BCUT2D eigenvalue weighted by Crippen LogP contribution is -2.16. The Morgan fingerprint density at radius 1 is 1.07 bits per heavy atom. The Bertz CT molecular complexity index is 1090. The standard InChI is InChI=1S/C23H22F2N2O3/c1-14-19(15(2)28)13-22(16-4-7-18(30-3)8-5-16)27(14)11-10-23(29)26-21-12-17(24)6-9-20(21)25/h4-9,12-13H,10-11H2,1-3H3,(H,26,29). The largest absolute Gasteiger partial charge is 0.497 e. The number of hydrogen-bond acceptors (Lipinski definition) is 3. The van der Waals surface area contributed by atoms with E-state index in [1.807, 2.05) is 35.8 Å². The van der Waals surface area contributed by atoms with Crippen LogP contribution < -0.4 is 10.1 Å². The molecular weight excluding hydrogens is 390 g/mol. The van der Waals surface area contributed by atoms with Crippen LogP contribution in [0.1, 0.15) is 29.4 Å². The number of ketones is 1. The highest BCUT2D eigenvalue weighted by molar-refractivity contribution is 5.97. The molecule has 0 spiro atoms. The quantitative estimate of drug-likeness (QED) is 0.557. The molecular formula is C23H22F2N2O3. The Morgan fingerprint density at radius 3 is 2.40 bits per heavy atom. The van der Waals surface area contributed by atoms with Gasteiger partial charge in [0.2, 0.25) is 5.91 Å². The van der Waals surface area contributed by atoms with Gasteiger partial charge in [0.25, 0.3) is 0 Å². The number of nitrogens with zero attached hydrogens (tertiary/aromatic N) is 1. The number of hydrogen-bond donors (Lipinski definition) is 1. The average Bonchev–Trinajstić information content (AvgIpc) is 3.06. The van der Waals surface area contributed by atoms with E-state index in [1.165, 1.54) is 6.92 Å². The van der Waals surface area contributed by atoms with Crippen LogP contribution in [0.2, 0.25) is 0 Å². The molecule has 0 aliphatic rings. The fourth-order valence-corrected chi connectivity index (χ4v) is 3.31. The van der Waals surface area contributed by atoms with Gasteiger partial charge in [-0.2, -0.15) is 0 Å². The number of methoxy groups -OCH3 is 1. The lowest BCUT2D eigenvalue weighted by molar-refractivity contribution is -0.116. The van der Waals surface area contributed by atoms with Crippen molar-refractivity contribution in [3.63, 3.8) is 0 Å². The van der Waals surface area contributed by atoms with E-state index in [9.17, 15) is 18.4 Å². The molecule has 0 unspecified atom stereocenters. The van der Waals surface area contributed by atoms with E-state index < -0.39 is 17.5 Å². The number of ether oxygens (including phenoxy) is 1. The van der Waals surface area contributed by atoms with Gasteiger partial charge in [-0.3, -0.25) is 9.59 Å². The summed E-state index contributed by atoms with van der Waals surface area (Å²) in [5.74, 6) is -1.18. The van der Waals surface area contributed by atoms with Gasteiger partial charge in [0.05, 0.1) is 12.8 Å². The van der Waals surface area contributed by atoms with E-state index in [2.05, 4.69) is 5.32 Å². The van der Waals surface area contributed by atoms with E-state index in [-0.39, 0.29) is 24.4 Å². The number of halogens is 2. The van der Waals surface area contributed by atoms with Crippen LogP contribution >= 0.6 is 0 Å². The van der Waals surface area contributed by atoms with Gasteiger partial charge in [-0.05, 0) is 61.9 Å². The molecule has 1 heterocycles. The van der Waals surface area contributed by atoms with Gasteiger partial charge in [0.15, 0.2) is 5.78 Å². The zero-order valence-corrected chi connectivity index (χ0v) is 17.0. The summed E-state index contributed by atoms with van der Waals surface area (Å²) in [6.07, 6.45) is 0.0198. The first-order chi connectivity index (χ1) is 14.3. The van der Waals surface area contributed by atoms with Gasteiger partial charge in [-0.25, -0.2) is 8.78 Å². The van der Waals surface area contributed by atoms with Crippen molar-refractivity contribution in [2.24, 2.45) is 0 Å². The number of anilines is 1. The molecule has 1 amide bonds. The molecule has 0 bridgehead atoms. The van der Waals surface area contributed by atoms with Gasteiger partial charge in [-0.15, -0.1) is 0 Å². The number of carbonyl (C=O) groups excluding carboxylic acids is 2. The zero-order chi connectivity index (χ0) is 21.8. The lowest BCUT2D eigenvalue weighted by Gasteiger charge is -2.13. The summed E-state index contributed by atoms with van der Waals surface area (Å²) >= 11 is 0.